The first-order valence-electron chi connectivity index (χ1n) is 7.81. The van der Waals surface area contributed by atoms with Gasteiger partial charge in [0.2, 0.25) is 0 Å². The van der Waals surface area contributed by atoms with E-state index in [0.29, 0.717) is 27.6 Å². The molecule has 0 unspecified atom stereocenters. The summed E-state index contributed by atoms with van der Waals surface area (Å²) in [5, 5.41) is 0.477. The highest BCUT2D eigenvalue weighted by molar-refractivity contribution is 6.30. The van der Waals surface area contributed by atoms with E-state index in [1.54, 1.807) is 24.3 Å². The van der Waals surface area contributed by atoms with Crippen molar-refractivity contribution >= 4 is 23.4 Å². The number of carbonyl (C=O) groups is 2. The number of rotatable bonds is 2. The highest BCUT2D eigenvalue weighted by Crippen LogP contribution is 2.37. The molecule has 0 amide bonds. The summed E-state index contributed by atoms with van der Waals surface area (Å²) in [5.41, 5.74) is 2.46. The van der Waals surface area contributed by atoms with Crippen molar-refractivity contribution < 1.29 is 14.3 Å². The van der Waals surface area contributed by atoms with E-state index in [1.807, 2.05) is 19.9 Å². The molecule has 1 aliphatic carbocycles. The molecule has 1 heterocycles. The summed E-state index contributed by atoms with van der Waals surface area (Å²) in [6.07, 6.45) is 1.52. The van der Waals surface area contributed by atoms with E-state index >= 15 is 0 Å². The number of benzene rings is 1. The zero-order valence-corrected chi connectivity index (χ0v) is 14.6. The van der Waals surface area contributed by atoms with Gasteiger partial charge in [-0.1, -0.05) is 25.4 Å². The summed E-state index contributed by atoms with van der Waals surface area (Å²) >= 11 is 6.00. The Hall–Kier alpha value is -2.20. The molecule has 0 N–H and O–H groups in total. The lowest BCUT2D eigenvalue weighted by atomic mass is 9.75. The number of fused-ring (bicyclic) bond motifs is 1. The average Bonchev–Trinajstić information content (AvgIpc) is 2.51. The first-order valence-corrected chi connectivity index (χ1v) is 8.19. The van der Waals surface area contributed by atoms with E-state index in [4.69, 9.17) is 16.3 Å². The minimum Gasteiger partial charge on any atom is -0.426 e. The standard InChI is InChI=1S/C19H18ClNO3/c1-11(22)24-17-10-12(20)4-5-13(17)15-7-6-14-16(21-15)8-9-19(2,3)18(14)23/h4-7,10H,8-9H2,1-3H3. The summed E-state index contributed by atoms with van der Waals surface area (Å²) in [6, 6.07) is 8.68. The van der Waals surface area contributed by atoms with Crippen LogP contribution in [0.4, 0.5) is 0 Å². The quantitative estimate of drug-likeness (QED) is 0.595. The normalized spacial score (nSPS) is 15.8. The lowest BCUT2D eigenvalue weighted by Crippen LogP contribution is -2.31. The van der Waals surface area contributed by atoms with Gasteiger partial charge in [-0.2, -0.15) is 0 Å². The van der Waals surface area contributed by atoms with Crippen LogP contribution in [0.15, 0.2) is 30.3 Å². The molecule has 1 aromatic carbocycles. The third-order valence-corrected chi connectivity index (χ3v) is 4.53. The number of halogens is 1. The van der Waals surface area contributed by atoms with E-state index in [0.717, 1.165) is 18.5 Å². The largest absolute Gasteiger partial charge is 0.426 e. The van der Waals surface area contributed by atoms with Crippen molar-refractivity contribution in [3.63, 3.8) is 0 Å². The molecule has 5 heteroatoms. The molecule has 0 atom stereocenters. The Morgan fingerprint density at radius 2 is 1.92 bits per heavy atom. The van der Waals surface area contributed by atoms with Crippen LogP contribution in [0, 0.1) is 5.41 Å². The Bertz CT molecular complexity index is 843. The highest BCUT2D eigenvalue weighted by Gasteiger charge is 2.35. The molecule has 4 nitrogen and oxygen atoms in total. The highest BCUT2D eigenvalue weighted by atomic mass is 35.5. The zero-order valence-electron chi connectivity index (χ0n) is 13.9. The zero-order chi connectivity index (χ0) is 17.5. The van der Waals surface area contributed by atoms with Crippen LogP contribution in [0.3, 0.4) is 0 Å². The molecular weight excluding hydrogens is 326 g/mol. The molecule has 1 aromatic heterocycles. The smallest absolute Gasteiger partial charge is 0.308 e. The van der Waals surface area contributed by atoms with E-state index in [2.05, 4.69) is 4.98 Å². The molecule has 0 aliphatic heterocycles. The summed E-state index contributed by atoms with van der Waals surface area (Å²) in [6.45, 7) is 5.26. The van der Waals surface area contributed by atoms with Gasteiger partial charge in [-0.25, -0.2) is 0 Å². The van der Waals surface area contributed by atoms with Crippen molar-refractivity contribution in [2.24, 2.45) is 5.41 Å². The minimum atomic E-state index is -0.423. The Kier molecular flexibility index (Phi) is 4.18. The van der Waals surface area contributed by atoms with Crippen LogP contribution < -0.4 is 4.74 Å². The number of esters is 1. The molecule has 0 saturated heterocycles. The maximum atomic E-state index is 12.5. The summed E-state index contributed by atoms with van der Waals surface area (Å²) in [4.78, 5) is 28.5. The lowest BCUT2D eigenvalue weighted by Gasteiger charge is -2.29. The number of nitrogens with zero attached hydrogens (tertiary/aromatic N) is 1. The van der Waals surface area contributed by atoms with Crippen LogP contribution in [-0.2, 0) is 11.2 Å². The summed E-state index contributed by atoms with van der Waals surface area (Å²) in [7, 11) is 0. The molecular formula is C19H18ClNO3. The van der Waals surface area contributed by atoms with Crippen molar-refractivity contribution in [2.45, 2.75) is 33.6 Å². The molecule has 0 fully saturated rings. The minimum absolute atomic E-state index is 0.124. The van der Waals surface area contributed by atoms with Gasteiger partial charge in [0.25, 0.3) is 0 Å². The van der Waals surface area contributed by atoms with Crippen LogP contribution in [0.5, 0.6) is 5.75 Å². The fourth-order valence-electron chi connectivity index (χ4n) is 2.90. The summed E-state index contributed by atoms with van der Waals surface area (Å²) in [5.74, 6) is 0.0671. The topological polar surface area (TPSA) is 56.3 Å². The molecule has 3 rings (SSSR count). The number of hydrogen-bond acceptors (Lipinski definition) is 4. The third-order valence-electron chi connectivity index (χ3n) is 4.29. The molecule has 1 aliphatic rings. The van der Waals surface area contributed by atoms with Gasteiger partial charge in [0.05, 0.1) is 11.4 Å². The Morgan fingerprint density at radius 3 is 2.62 bits per heavy atom. The van der Waals surface area contributed by atoms with E-state index in [-0.39, 0.29) is 11.2 Å². The van der Waals surface area contributed by atoms with Gasteiger partial charge in [0.15, 0.2) is 5.78 Å². The lowest BCUT2D eigenvalue weighted by molar-refractivity contribution is -0.131. The summed E-state index contributed by atoms with van der Waals surface area (Å²) < 4.78 is 5.25. The van der Waals surface area contributed by atoms with Crippen molar-refractivity contribution in [1.29, 1.82) is 0 Å². The van der Waals surface area contributed by atoms with E-state index in [9.17, 15) is 9.59 Å². The van der Waals surface area contributed by atoms with Crippen LogP contribution in [0.2, 0.25) is 5.02 Å². The van der Waals surface area contributed by atoms with Gasteiger partial charge in [-0.15, -0.1) is 0 Å². The number of aromatic nitrogens is 1. The van der Waals surface area contributed by atoms with Crippen LogP contribution in [-0.4, -0.2) is 16.7 Å². The second kappa shape index (κ2) is 6.02. The van der Waals surface area contributed by atoms with Gasteiger partial charge in [-0.05, 0) is 37.1 Å². The average molecular weight is 344 g/mol. The fraction of sp³-hybridized carbons (Fsp3) is 0.316. The Morgan fingerprint density at radius 1 is 1.21 bits per heavy atom. The number of ether oxygens (including phenoxy) is 1. The molecule has 24 heavy (non-hydrogen) atoms. The number of Topliss-reactive ketones (excluding diaryl/α,β-unsaturated/α-hetero) is 1. The van der Waals surface area contributed by atoms with E-state index in [1.165, 1.54) is 6.92 Å². The number of aryl methyl sites for hydroxylation is 1. The maximum Gasteiger partial charge on any atom is 0.308 e. The molecule has 0 bridgehead atoms. The Labute approximate surface area is 145 Å². The molecule has 0 saturated carbocycles. The van der Waals surface area contributed by atoms with Gasteiger partial charge in [-0.3, -0.25) is 14.6 Å². The monoisotopic (exact) mass is 343 g/mol. The van der Waals surface area contributed by atoms with E-state index < -0.39 is 5.97 Å². The van der Waals surface area contributed by atoms with Gasteiger partial charge >= 0.3 is 5.97 Å². The van der Waals surface area contributed by atoms with Crippen molar-refractivity contribution in [3.8, 4) is 17.0 Å². The van der Waals surface area contributed by atoms with Crippen LogP contribution in [0.1, 0.15) is 43.2 Å². The van der Waals surface area contributed by atoms with Gasteiger partial charge in [0.1, 0.15) is 5.75 Å². The Balaban J connectivity index is 2.07. The number of ketones is 1. The van der Waals surface area contributed by atoms with Gasteiger partial charge in [0, 0.05) is 34.6 Å². The van der Waals surface area contributed by atoms with Crippen LogP contribution in [0.25, 0.3) is 11.3 Å². The second-order valence-corrected chi connectivity index (χ2v) is 7.07. The predicted octanol–water partition coefficient (Wildman–Crippen LogP) is 4.48. The number of pyridine rings is 1. The number of carbonyl (C=O) groups excluding carboxylic acids is 2. The molecule has 124 valence electrons. The third kappa shape index (κ3) is 3.06. The predicted molar refractivity (Wildman–Crippen MR) is 92.4 cm³/mol. The van der Waals surface area contributed by atoms with Crippen molar-refractivity contribution in [2.75, 3.05) is 0 Å². The molecule has 2 aromatic rings. The SMILES string of the molecule is CC(=O)Oc1cc(Cl)ccc1-c1ccc2c(n1)CCC(C)(C)C2=O. The van der Waals surface area contributed by atoms with Crippen molar-refractivity contribution in [3.05, 3.63) is 46.6 Å². The van der Waals surface area contributed by atoms with Crippen LogP contribution >= 0.6 is 11.6 Å². The first-order chi connectivity index (χ1) is 11.3. The second-order valence-electron chi connectivity index (χ2n) is 6.64. The van der Waals surface area contributed by atoms with Gasteiger partial charge < -0.3 is 4.74 Å². The number of hydrogen-bond donors (Lipinski definition) is 0. The molecule has 0 radical (unpaired) electrons. The fourth-order valence-corrected chi connectivity index (χ4v) is 3.07. The van der Waals surface area contributed by atoms with Crippen molar-refractivity contribution in [1.82, 2.24) is 4.98 Å². The first kappa shape index (κ1) is 16.7. The molecule has 0 spiro atoms. The maximum absolute atomic E-state index is 12.5.